The van der Waals surface area contributed by atoms with Crippen molar-refractivity contribution in [3.8, 4) is 0 Å². The van der Waals surface area contributed by atoms with E-state index >= 15 is 0 Å². The van der Waals surface area contributed by atoms with E-state index in [9.17, 15) is 4.79 Å². The van der Waals surface area contributed by atoms with Crippen molar-refractivity contribution in [3.63, 3.8) is 0 Å². The predicted octanol–water partition coefficient (Wildman–Crippen LogP) is 4.74. The van der Waals surface area contributed by atoms with Crippen LogP contribution in [0.2, 0.25) is 5.15 Å². The summed E-state index contributed by atoms with van der Waals surface area (Å²) in [4.78, 5) is 23.0. The molecule has 1 saturated carbocycles. The Morgan fingerprint density at radius 1 is 1.35 bits per heavy atom. The molecule has 0 saturated heterocycles. The van der Waals surface area contributed by atoms with E-state index < -0.39 is 0 Å². The van der Waals surface area contributed by atoms with Gasteiger partial charge in [-0.05, 0) is 44.1 Å². The molecule has 0 amide bonds. The lowest BCUT2D eigenvalue weighted by atomic mass is 9.80. The summed E-state index contributed by atoms with van der Waals surface area (Å²) in [6.07, 6.45) is 5.57. The normalized spacial score (nSPS) is 21.5. The lowest BCUT2D eigenvalue weighted by Crippen LogP contribution is -2.18. The van der Waals surface area contributed by atoms with Crippen LogP contribution < -0.4 is 0 Å². The van der Waals surface area contributed by atoms with Gasteiger partial charge in [0.25, 0.3) is 0 Å². The summed E-state index contributed by atoms with van der Waals surface area (Å²) in [6, 6.07) is 2.10. The average Bonchev–Trinajstić information content (AvgIpc) is 2.99. The summed E-state index contributed by atoms with van der Waals surface area (Å²) < 4.78 is 4.76. The van der Waals surface area contributed by atoms with Gasteiger partial charge in [-0.15, -0.1) is 11.3 Å². The Balaban J connectivity index is 1.73. The number of nitrogens with zero attached hydrogens (tertiary/aromatic N) is 2. The zero-order valence-electron chi connectivity index (χ0n) is 13.5. The number of methoxy groups -OCH3 is 1. The van der Waals surface area contributed by atoms with Gasteiger partial charge in [0.1, 0.15) is 15.8 Å². The monoisotopic (exact) mass is 352 g/mol. The number of fused-ring (bicyclic) bond motifs is 1. The second-order valence-electron chi connectivity index (χ2n) is 6.16. The molecule has 0 atom stereocenters. The summed E-state index contributed by atoms with van der Waals surface area (Å²) in [6.45, 7) is 2.13. The third-order valence-electron chi connectivity index (χ3n) is 4.66. The molecule has 0 unspecified atom stereocenters. The Morgan fingerprint density at radius 3 is 2.74 bits per heavy atom. The van der Waals surface area contributed by atoms with E-state index in [0.717, 1.165) is 48.1 Å². The number of ether oxygens (including phenoxy) is 1. The Morgan fingerprint density at radius 2 is 2.09 bits per heavy atom. The lowest BCUT2D eigenvalue weighted by Gasteiger charge is -2.26. The highest BCUT2D eigenvalue weighted by atomic mass is 35.5. The van der Waals surface area contributed by atoms with Crippen molar-refractivity contribution in [2.75, 3.05) is 7.11 Å². The quantitative estimate of drug-likeness (QED) is 0.588. The third-order valence-corrected chi connectivity index (χ3v) is 6.12. The lowest BCUT2D eigenvalue weighted by molar-refractivity contribution is -0.142. The fourth-order valence-corrected chi connectivity index (χ4v) is 4.51. The summed E-state index contributed by atoms with van der Waals surface area (Å²) >= 11 is 8.07. The maximum atomic E-state index is 11.4. The number of esters is 1. The molecule has 1 aliphatic carbocycles. The van der Waals surface area contributed by atoms with Crippen LogP contribution >= 0.6 is 22.9 Å². The van der Waals surface area contributed by atoms with Gasteiger partial charge >= 0.3 is 5.97 Å². The van der Waals surface area contributed by atoms with Crippen LogP contribution in [0.4, 0.5) is 0 Å². The minimum atomic E-state index is -0.111. The number of aromatic nitrogens is 2. The van der Waals surface area contributed by atoms with Crippen LogP contribution in [-0.2, 0) is 16.0 Å². The number of aryl methyl sites for hydroxylation is 1. The summed E-state index contributed by atoms with van der Waals surface area (Å²) in [5, 5.41) is 1.54. The molecule has 124 valence electrons. The molecule has 1 aliphatic rings. The molecule has 6 heteroatoms. The molecule has 0 radical (unpaired) electrons. The first-order valence-electron chi connectivity index (χ1n) is 8.13. The molecule has 0 aliphatic heterocycles. The van der Waals surface area contributed by atoms with E-state index in [4.69, 9.17) is 21.3 Å². The number of hydrogen-bond acceptors (Lipinski definition) is 5. The summed E-state index contributed by atoms with van der Waals surface area (Å²) in [5.74, 6) is 1.52. The molecule has 2 aromatic heterocycles. The molecule has 0 aromatic carbocycles. The molecule has 0 bridgehead atoms. The van der Waals surface area contributed by atoms with Crippen molar-refractivity contribution in [2.45, 2.75) is 51.4 Å². The number of hydrogen-bond donors (Lipinski definition) is 0. The first-order valence-corrected chi connectivity index (χ1v) is 9.32. The highest BCUT2D eigenvalue weighted by molar-refractivity contribution is 7.18. The molecular weight excluding hydrogens is 332 g/mol. The van der Waals surface area contributed by atoms with Gasteiger partial charge in [0.2, 0.25) is 0 Å². The van der Waals surface area contributed by atoms with Gasteiger partial charge in [-0.2, -0.15) is 0 Å². The molecule has 23 heavy (non-hydrogen) atoms. The molecule has 4 nitrogen and oxygen atoms in total. The van der Waals surface area contributed by atoms with Gasteiger partial charge in [-0.25, -0.2) is 9.97 Å². The number of carbonyl (C=O) groups is 1. The molecule has 0 spiro atoms. The van der Waals surface area contributed by atoms with Crippen LogP contribution in [0.15, 0.2) is 6.07 Å². The third kappa shape index (κ3) is 3.66. The zero-order chi connectivity index (χ0) is 16.4. The van der Waals surface area contributed by atoms with Crippen molar-refractivity contribution < 1.29 is 9.53 Å². The van der Waals surface area contributed by atoms with Crippen molar-refractivity contribution >= 4 is 39.1 Å². The molecular formula is C17H21ClN2O2S. The zero-order valence-corrected chi connectivity index (χ0v) is 15.0. The van der Waals surface area contributed by atoms with Crippen LogP contribution in [0, 0.1) is 5.92 Å². The predicted molar refractivity (Wildman–Crippen MR) is 93.1 cm³/mol. The first kappa shape index (κ1) is 16.7. The SMILES string of the molecule is CCc1cc2c(Cl)nc(C3CCC(CC(=O)OC)CC3)nc2s1. The Labute approximate surface area is 145 Å². The van der Waals surface area contributed by atoms with Gasteiger partial charge in [0, 0.05) is 22.6 Å². The first-order chi connectivity index (χ1) is 11.1. The largest absolute Gasteiger partial charge is 0.469 e. The molecule has 3 rings (SSSR count). The fourth-order valence-electron chi connectivity index (χ4n) is 3.25. The van der Waals surface area contributed by atoms with Crippen LogP contribution in [0.1, 0.15) is 55.6 Å². The van der Waals surface area contributed by atoms with Crippen molar-refractivity contribution in [1.29, 1.82) is 0 Å². The summed E-state index contributed by atoms with van der Waals surface area (Å²) in [5.41, 5.74) is 0. The summed E-state index contributed by atoms with van der Waals surface area (Å²) in [7, 11) is 1.45. The van der Waals surface area contributed by atoms with Gasteiger partial charge in [0.15, 0.2) is 0 Å². The maximum absolute atomic E-state index is 11.4. The van der Waals surface area contributed by atoms with Crippen molar-refractivity contribution in [1.82, 2.24) is 9.97 Å². The minimum Gasteiger partial charge on any atom is -0.469 e. The molecule has 0 N–H and O–H groups in total. The van der Waals surface area contributed by atoms with Gasteiger partial charge in [-0.1, -0.05) is 18.5 Å². The van der Waals surface area contributed by atoms with Crippen LogP contribution in [-0.4, -0.2) is 23.0 Å². The number of halogens is 1. The van der Waals surface area contributed by atoms with E-state index in [1.54, 1.807) is 11.3 Å². The van der Waals surface area contributed by atoms with Gasteiger partial charge in [0.05, 0.1) is 7.11 Å². The highest BCUT2D eigenvalue weighted by Gasteiger charge is 2.26. The Hall–Kier alpha value is -1.20. The van der Waals surface area contributed by atoms with Crippen molar-refractivity contribution in [3.05, 3.63) is 21.9 Å². The smallest absolute Gasteiger partial charge is 0.305 e. The number of carbonyl (C=O) groups excluding carboxylic acids is 1. The van der Waals surface area contributed by atoms with Crippen molar-refractivity contribution in [2.24, 2.45) is 5.92 Å². The second kappa shape index (κ2) is 7.14. The average molecular weight is 353 g/mol. The van der Waals surface area contributed by atoms with Crippen LogP contribution in [0.3, 0.4) is 0 Å². The van der Waals surface area contributed by atoms with Gasteiger partial charge < -0.3 is 4.74 Å². The van der Waals surface area contributed by atoms with E-state index in [2.05, 4.69) is 18.0 Å². The van der Waals surface area contributed by atoms with Crippen LogP contribution in [0.5, 0.6) is 0 Å². The Bertz CT molecular complexity index is 708. The Kier molecular flexibility index (Phi) is 5.17. The minimum absolute atomic E-state index is 0.111. The highest BCUT2D eigenvalue weighted by Crippen LogP contribution is 2.38. The fraction of sp³-hybridized carbons (Fsp3) is 0.588. The standard InChI is InChI=1S/C17H21ClN2O2S/c1-3-12-9-13-15(18)19-16(20-17(13)23-12)11-6-4-10(5-7-11)8-14(21)22-2/h9-11H,3-8H2,1-2H3. The number of rotatable bonds is 4. The second-order valence-corrected chi connectivity index (χ2v) is 7.63. The van der Waals surface area contributed by atoms with E-state index in [-0.39, 0.29) is 5.97 Å². The number of thiophene rings is 1. The topological polar surface area (TPSA) is 52.1 Å². The van der Waals surface area contributed by atoms with E-state index in [1.807, 2.05) is 0 Å². The van der Waals surface area contributed by atoms with Gasteiger partial charge in [-0.3, -0.25) is 4.79 Å². The molecule has 2 heterocycles. The van der Waals surface area contributed by atoms with E-state index in [1.165, 1.54) is 12.0 Å². The molecule has 2 aromatic rings. The molecule has 1 fully saturated rings. The van der Waals surface area contributed by atoms with E-state index in [0.29, 0.717) is 23.4 Å². The van der Waals surface area contributed by atoms with Crippen LogP contribution in [0.25, 0.3) is 10.2 Å². The maximum Gasteiger partial charge on any atom is 0.305 e.